The SMILES string of the molecule is O=C1NCCCN1c1cccc(C(=O)N2CCOCC2CC(F)F)c1. The lowest BCUT2D eigenvalue weighted by Gasteiger charge is -2.35. The summed E-state index contributed by atoms with van der Waals surface area (Å²) in [6.45, 7) is 1.95. The minimum absolute atomic E-state index is 0.115. The zero-order valence-electron chi connectivity index (χ0n) is 13.8. The molecule has 0 radical (unpaired) electrons. The van der Waals surface area contributed by atoms with Crippen LogP contribution in [0.2, 0.25) is 0 Å². The van der Waals surface area contributed by atoms with Gasteiger partial charge in [-0.2, -0.15) is 0 Å². The first-order chi connectivity index (χ1) is 12.1. The molecule has 1 aromatic rings. The van der Waals surface area contributed by atoms with Crippen molar-refractivity contribution >= 4 is 17.6 Å². The van der Waals surface area contributed by atoms with Gasteiger partial charge in [0, 0.05) is 37.3 Å². The minimum Gasteiger partial charge on any atom is -0.377 e. The lowest BCUT2D eigenvalue weighted by Crippen LogP contribution is -2.49. The Hall–Kier alpha value is -2.22. The standard InChI is InChI=1S/C17H21F2N3O3/c18-15(19)10-14-11-25-8-7-21(14)16(23)12-3-1-4-13(9-12)22-6-2-5-20-17(22)24/h1,3-4,9,14-15H,2,5-8,10-11H2,(H,20,24). The fourth-order valence-corrected chi connectivity index (χ4v) is 3.17. The van der Waals surface area contributed by atoms with Gasteiger partial charge in [-0.15, -0.1) is 0 Å². The van der Waals surface area contributed by atoms with Crippen LogP contribution >= 0.6 is 0 Å². The molecular formula is C17H21F2N3O3. The van der Waals surface area contributed by atoms with Crippen molar-refractivity contribution in [3.8, 4) is 0 Å². The molecule has 1 atom stereocenters. The van der Waals surface area contributed by atoms with Gasteiger partial charge in [0.1, 0.15) is 0 Å². The molecule has 2 aliphatic rings. The molecule has 0 saturated carbocycles. The van der Waals surface area contributed by atoms with E-state index in [0.29, 0.717) is 30.9 Å². The average molecular weight is 353 g/mol. The predicted molar refractivity (Wildman–Crippen MR) is 88.1 cm³/mol. The van der Waals surface area contributed by atoms with E-state index in [1.54, 1.807) is 29.2 Å². The molecule has 2 aliphatic heterocycles. The Morgan fingerprint density at radius 1 is 1.36 bits per heavy atom. The van der Waals surface area contributed by atoms with Crippen molar-refractivity contribution in [2.75, 3.05) is 37.7 Å². The van der Waals surface area contributed by atoms with Crippen LogP contribution in [0.5, 0.6) is 0 Å². The van der Waals surface area contributed by atoms with Gasteiger partial charge in [-0.05, 0) is 24.6 Å². The summed E-state index contributed by atoms with van der Waals surface area (Å²) in [7, 11) is 0. The Morgan fingerprint density at radius 3 is 2.96 bits per heavy atom. The van der Waals surface area contributed by atoms with Gasteiger partial charge in [0.15, 0.2) is 0 Å². The number of rotatable bonds is 4. The molecule has 1 aromatic carbocycles. The van der Waals surface area contributed by atoms with Gasteiger partial charge >= 0.3 is 6.03 Å². The van der Waals surface area contributed by atoms with Crippen LogP contribution < -0.4 is 10.2 Å². The van der Waals surface area contributed by atoms with Crippen molar-refractivity contribution in [2.45, 2.75) is 25.3 Å². The summed E-state index contributed by atoms with van der Waals surface area (Å²) >= 11 is 0. The number of amides is 3. The van der Waals surface area contributed by atoms with Gasteiger partial charge in [0.25, 0.3) is 5.91 Å². The van der Waals surface area contributed by atoms with Gasteiger partial charge in [-0.25, -0.2) is 13.6 Å². The van der Waals surface area contributed by atoms with Crippen LogP contribution in [0.1, 0.15) is 23.2 Å². The van der Waals surface area contributed by atoms with Crippen molar-refractivity contribution in [2.24, 2.45) is 0 Å². The number of nitrogens with zero attached hydrogens (tertiary/aromatic N) is 2. The van der Waals surface area contributed by atoms with Gasteiger partial charge in [-0.1, -0.05) is 6.07 Å². The quantitative estimate of drug-likeness (QED) is 0.902. The van der Waals surface area contributed by atoms with Crippen LogP contribution in [0, 0.1) is 0 Å². The maximum absolute atomic E-state index is 12.8. The number of alkyl halides is 2. The number of morpholine rings is 1. The maximum atomic E-state index is 12.8. The fourth-order valence-electron chi connectivity index (χ4n) is 3.17. The van der Waals surface area contributed by atoms with Crippen LogP contribution in [0.3, 0.4) is 0 Å². The molecule has 0 spiro atoms. The zero-order valence-corrected chi connectivity index (χ0v) is 13.8. The van der Waals surface area contributed by atoms with Crippen molar-refractivity contribution < 1.29 is 23.1 Å². The summed E-state index contributed by atoms with van der Waals surface area (Å²) < 4.78 is 30.8. The third-order valence-electron chi connectivity index (χ3n) is 4.42. The molecule has 1 unspecified atom stereocenters. The molecule has 6 nitrogen and oxygen atoms in total. The van der Waals surface area contributed by atoms with E-state index < -0.39 is 18.9 Å². The summed E-state index contributed by atoms with van der Waals surface area (Å²) in [4.78, 5) is 27.8. The summed E-state index contributed by atoms with van der Waals surface area (Å²) in [6.07, 6.45) is -2.07. The molecule has 0 aromatic heterocycles. The van der Waals surface area contributed by atoms with Gasteiger partial charge in [-0.3, -0.25) is 9.69 Å². The smallest absolute Gasteiger partial charge is 0.321 e. The largest absolute Gasteiger partial charge is 0.377 e. The van der Waals surface area contributed by atoms with Crippen LogP contribution in [-0.2, 0) is 4.74 Å². The third-order valence-corrected chi connectivity index (χ3v) is 4.42. The van der Waals surface area contributed by atoms with E-state index in [9.17, 15) is 18.4 Å². The number of ether oxygens (including phenoxy) is 1. The molecule has 25 heavy (non-hydrogen) atoms. The Kier molecular flexibility index (Phi) is 5.47. The number of anilines is 1. The third kappa shape index (κ3) is 4.07. The van der Waals surface area contributed by atoms with E-state index >= 15 is 0 Å². The second-order valence-electron chi connectivity index (χ2n) is 6.14. The topological polar surface area (TPSA) is 61.9 Å². The van der Waals surface area contributed by atoms with Crippen molar-refractivity contribution in [1.29, 1.82) is 0 Å². The highest BCUT2D eigenvalue weighted by atomic mass is 19.3. The number of urea groups is 1. The number of carbonyl (C=O) groups excluding carboxylic acids is 2. The van der Waals surface area contributed by atoms with Crippen LogP contribution in [-0.4, -0.2) is 62.2 Å². The fraction of sp³-hybridized carbons (Fsp3) is 0.529. The maximum Gasteiger partial charge on any atom is 0.321 e. The number of halogens is 2. The molecule has 2 heterocycles. The van der Waals surface area contributed by atoms with Crippen LogP contribution in [0.25, 0.3) is 0 Å². The Bertz CT molecular complexity index is 641. The molecule has 2 saturated heterocycles. The van der Waals surface area contributed by atoms with E-state index in [1.807, 2.05) is 0 Å². The first-order valence-electron chi connectivity index (χ1n) is 8.38. The highest BCUT2D eigenvalue weighted by molar-refractivity contribution is 5.98. The Balaban J connectivity index is 1.79. The number of benzene rings is 1. The second-order valence-corrected chi connectivity index (χ2v) is 6.14. The number of carbonyl (C=O) groups is 2. The molecule has 3 rings (SSSR count). The summed E-state index contributed by atoms with van der Waals surface area (Å²) in [5.74, 6) is -0.312. The number of nitrogens with one attached hydrogen (secondary N) is 1. The molecule has 8 heteroatoms. The second kappa shape index (κ2) is 7.77. The lowest BCUT2D eigenvalue weighted by atomic mass is 10.1. The van der Waals surface area contributed by atoms with Crippen molar-refractivity contribution in [1.82, 2.24) is 10.2 Å². The summed E-state index contributed by atoms with van der Waals surface area (Å²) in [5.41, 5.74) is 1.01. The zero-order chi connectivity index (χ0) is 17.8. The lowest BCUT2D eigenvalue weighted by molar-refractivity contribution is -0.0216. The van der Waals surface area contributed by atoms with Crippen molar-refractivity contribution in [3.05, 3.63) is 29.8 Å². The molecule has 0 aliphatic carbocycles. The highest BCUT2D eigenvalue weighted by Crippen LogP contribution is 2.22. The van der Waals surface area contributed by atoms with Crippen LogP contribution in [0.4, 0.5) is 19.3 Å². The van der Waals surface area contributed by atoms with Crippen LogP contribution in [0.15, 0.2) is 24.3 Å². The molecule has 2 fully saturated rings. The van der Waals surface area contributed by atoms with Gasteiger partial charge in [0.2, 0.25) is 6.43 Å². The Labute approximate surface area is 144 Å². The van der Waals surface area contributed by atoms with E-state index in [1.165, 1.54) is 4.90 Å². The van der Waals surface area contributed by atoms with E-state index in [-0.39, 0.29) is 25.1 Å². The molecule has 0 bridgehead atoms. The average Bonchev–Trinajstić information content (AvgIpc) is 2.62. The summed E-state index contributed by atoms with van der Waals surface area (Å²) in [5, 5.41) is 2.76. The number of hydrogen-bond donors (Lipinski definition) is 1. The van der Waals surface area contributed by atoms with Gasteiger partial charge in [0.05, 0.1) is 19.3 Å². The first-order valence-corrected chi connectivity index (χ1v) is 8.38. The van der Waals surface area contributed by atoms with Gasteiger partial charge < -0.3 is 15.0 Å². The van der Waals surface area contributed by atoms with Crippen molar-refractivity contribution in [3.63, 3.8) is 0 Å². The minimum atomic E-state index is -2.50. The molecule has 1 N–H and O–H groups in total. The van der Waals surface area contributed by atoms with E-state index in [4.69, 9.17) is 4.74 Å². The highest BCUT2D eigenvalue weighted by Gasteiger charge is 2.30. The predicted octanol–water partition coefficient (Wildman–Crippen LogP) is 2.10. The van der Waals surface area contributed by atoms with E-state index in [0.717, 1.165) is 6.42 Å². The molecular weight excluding hydrogens is 332 g/mol. The molecule has 136 valence electrons. The molecule has 3 amide bonds. The normalized spacial score (nSPS) is 21.4. The monoisotopic (exact) mass is 353 g/mol. The summed E-state index contributed by atoms with van der Waals surface area (Å²) in [6, 6.07) is 5.91. The number of hydrogen-bond acceptors (Lipinski definition) is 3. The first kappa shape index (κ1) is 17.6. The Morgan fingerprint density at radius 2 is 2.20 bits per heavy atom. The van der Waals surface area contributed by atoms with E-state index in [2.05, 4.69) is 5.32 Å².